The van der Waals surface area contributed by atoms with Gasteiger partial charge in [0.1, 0.15) is 0 Å². The minimum absolute atomic E-state index is 0.0814. The molecule has 1 heterocycles. The fourth-order valence-electron chi connectivity index (χ4n) is 1.12. The second kappa shape index (κ2) is 5.02. The van der Waals surface area contributed by atoms with Crippen LogP contribution >= 0.6 is 0 Å². The van der Waals surface area contributed by atoms with Crippen molar-refractivity contribution in [1.29, 1.82) is 0 Å². The van der Waals surface area contributed by atoms with Crippen LogP contribution in [0.2, 0.25) is 0 Å². The molecular formula is C10H17NO2. The van der Waals surface area contributed by atoms with E-state index in [0.717, 1.165) is 19.6 Å². The van der Waals surface area contributed by atoms with Crippen LogP contribution in [0.3, 0.4) is 0 Å². The Morgan fingerprint density at radius 3 is 2.92 bits per heavy atom. The van der Waals surface area contributed by atoms with Crippen molar-refractivity contribution in [1.82, 2.24) is 5.32 Å². The predicted octanol–water partition coefficient (Wildman–Crippen LogP) is 1.10. The third-order valence-electron chi connectivity index (χ3n) is 2.08. The number of nitrogens with one attached hydrogen (secondary N) is 1. The van der Waals surface area contributed by atoms with Gasteiger partial charge < -0.3 is 10.1 Å². The fraction of sp³-hybridized carbons (Fsp3) is 0.700. The monoisotopic (exact) mass is 183 g/mol. The molecule has 0 saturated carbocycles. The molecule has 0 spiro atoms. The lowest BCUT2D eigenvalue weighted by molar-refractivity contribution is -0.117. The third-order valence-corrected chi connectivity index (χ3v) is 2.08. The Hall–Kier alpha value is -0.830. The van der Waals surface area contributed by atoms with E-state index in [1.165, 1.54) is 0 Å². The molecular weight excluding hydrogens is 166 g/mol. The van der Waals surface area contributed by atoms with Crippen molar-refractivity contribution in [2.45, 2.75) is 26.3 Å². The summed E-state index contributed by atoms with van der Waals surface area (Å²) in [5.74, 6) is 0.240. The lowest BCUT2D eigenvalue weighted by atomic mass is 10.1. The predicted molar refractivity (Wildman–Crippen MR) is 51.3 cm³/mol. The van der Waals surface area contributed by atoms with E-state index in [1.807, 2.05) is 13.8 Å². The number of hydrogen-bond donors (Lipinski definition) is 1. The zero-order valence-electron chi connectivity index (χ0n) is 8.25. The first-order chi connectivity index (χ1) is 6.20. The Balaban J connectivity index is 2.20. The van der Waals surface area contributed by atoms with E-state index in [4.69, 9.17) is 4.74 Å². The van der Waals surface area contributed by atoms with Gasteiger partial charge in [0.25, 0.3) is 0 Å². The fourth-order valence-corrected chi connectivity index (χ4v) is 1.12. The van der Waals surface area contributed by atoms with Gasteiger partial charge in [0.2, 0.25) is 0 Å². The van der Waals surface area contributed by atoms with Crippen LogP contribution in [0.4, 0.5) is 0 Å². The van der Waals surface area contributed by atoms with Crippen LogP contribution in [0.25, 0.3) is 0 Å². The lowest BCUT2D eigenvalue weighted by Gasteiger charge is -2.06. The van der Waals surface area contributed by atoms with Crippen molar-refractivity contribution < 1.29 is 9.53 Å². The van der Waals surface area contributed by atoms with Crippen LogP contribution in [0.5, 0.6) is 0 Å². The van der Waals surface area contributed by atoms with Crippen LogP contribution in [-0.2, 0) is 9.53 Å². The zero-order valence-corrected chi connectivity index (χ0v) is 8.25. The molecule has 0 bridgehead atoms. The Labute approximate surface area is 79.2 Å². The molecule has 0 aliphatic carbocycles. The van der Waals surface area contributed by atoms with Crippen molar-refractivity contribution in [3.8, 4) is 0 Å². The molecule has 74 valence electrons. The molecule has 1 fully saturated rings. The molecule has 1 unspecified atom stereocenters. The molecule has 1 aliphatic heterocycles. The molecule has 0 aromatic rings. The second-order valence-electron chi connectivity index (χ2n) is 3.62. The molecule has 3 heteroatoms. The maximum atomic E-state index is 11.2. The number of rotatable bonds is 4. The second-order valence-corrected chi connectivity index (χ2v) is 3.62. The minimum atomic E-state index is 0.0814. The van der Waals surface area contributed by atoms with Crippen molar-refractivity contribution in [3.63, 3.8) is 0 Å². The van der Waals surface area contributed by atoms with Gasteiger partial charge in [-0.25, -0.2) is 0 Å². The third kappa shape index (κ3) is 3.59. The van der Waals surface area contributed by atoms with Crippen LogP contribution in [0, 0.1) is 5.92 Å². The van der Waals surface area contributed by atoms with E-state index in [9.17, 15) is 4.79 Å². The molecule has 13 heavy (non-hydrogen) atoms. The zero-order chi connectivity index (χ0) is 9.68. The summed E-state index contributed by atoms with van der Waals surface area (Å²) in [4.78, 5) is 11.2. The molecule has 1 aliphatic rings. The van der Waals surface area contributed by atoms with Crippen LogP contribution in [0.1, 0.15) is 20.3 Å². The Morgan fingerprint density at radius 2 is 2.38 bits per heavy atom. The first kappa shape index (κ1) is 10.3. The SMILES string of the molecule is CC(C)C(=O)/C=C/NC1CCOC1. The van der Waals surface area contributed by atoms with Crippen LogP contribution in [0.15, 0.2) is 12.3 Å². The Bertz CT molecular complexity index is 193. The summed E-state index contributed by atoms with van der Waals surface area (Å²) in [6, 6.07) is 0.385. The minimum Gasteiger partial charge on any atom is -0.386 e. The largest absolute Gasteiger partial charge is 0.386 e. The van der Waals surface area contributed by atoms with E-state index >= 15 is 0 Å². The van der Waals surface area contributed by atoms with E-state index in [0.29, 0.717) is 6.04 Å². The Kier molecular flexibility index (Phi) is 3.96. The molecule has 1 rings (SSSR count). The van der Waals surface area contributed by atoms with Crippen molar-refractivity contribution in [2.24, 2.45) is 5.92 Å². The number of ketones is 1. The molecule has 1 atom stereocenters. The molecule has 3 nitrogen and oxygen atoms in total. The number of allylic oxidation sites excluding steroid dienone is 1. The standard InChI is InChI=1S/C10H17NO2/c1-8(2)10(12)3-5-11-9-4-6-13-7-9/h3,5,8-9,11H,4,6-7H2,1-2H3/b5-3+. The highest BCUT2D eigenvalue weighted by Gasteiger charge is 2.12. The maximum Gasteiger partial charge on any atom is 0.159 e. The van der Waals surface area contributed by atoms with E-state index in [2.05, 4.69) is 5.32 Å². The lowest BCUT2D eigenvalue weighted by Crippen LogP contribution is -2.24. The number of ether oxygens (including phenoxy) is 1. The van der Waals surface area contributed by atoms with Gasteiger partial charge in [-0.2, -0.15) is 0 Å². The van der Waals surface area contributed by atoms with Gasteiger partial charge in [-0.15, -0.1) is 0 Å². The highest BCUT2D eigenvalue weighted by molar-refractivity contribution is 5.90. The van der Waals surface area contributed by atoms with Crippen LogP contribution < -0.4 is 5.32 Å². The van der Waals surface area contributed by atoms with Gasteiger partial charge in [0, 0.05) is 18.7 Å². The number of carbonyl (C=O) groups is 1. The molecule has 0 aromatic carbocycles. The quantitative estimate of drug-likeness (QED) is 0.663. The van der Waals surface area contributed by atoms with Crippen LogP contribution in [-0.4, -0.2) is 25.0 Å². The van der Waals surface area contributed by atoms with Crippen molar-refractivity contribution in [3.05, 3.63) is 12.3 Å². The van der Waals surface area contributed by atoms with E-state index < -0.39 is 0 Å². The molecule has 0 radical (unpaired) electrons. The van der Waals surface area contributed by atoms with Crippen molar-refractivity contribution >= 4 is 5.78 Å². The van der Waals surface area contributed by atoms with Gasteiger partial charge in [-0.05, 0) is 12.5 Å². The van der Waals surface area contributed by atoms with Gasteiger partial charge in [0.05, 0.1) is 12.6 Å². The summed E-state index contributed by atoms with van der Waals surface area (Å²) >= 11 is 0. The average Bonchev–Trinajstić information content (AvgIpc) is 2.56. The average molecular weight is 183 g/mol. The van der Waals surface area contributed by atoms with Gasteiger partial charge in [-0.3, -0.25) is 4.79 Å². The molecule has 0 amide bonds. The number of carbonyl (C=O) groups excluding carboxylic acids is 1. The van der Waals surface area contributed by atoms with Crippen molar-refractivity contribution in [2.75, 3.05) is 13.2 Å². The summed E-state index contributed by atoms with van der Waals surface area (Å²) in [7, 11) is 0. The highest BCUT2D eigenvalue weighted by Crippen LogP contribution is 2.03. The van der Waals surface area contributed by atoms with Gasteiger partial charge in [-0.1, -0.05) is 13.8 Å². The molecule has 1 saturated heterocycles. The smallest absolute Gasteiger partial charge is 0.159 e. The summed E-state index contributed by atoms with van der Waals surface area (Å²) in [5.41, 5.74) is 0. The molecule has 0 aromatic heterocycles. The normalized spacial score (nSPS) is 22.8. The summed E-state index contributed by atoms with van der Waals surface area (Å²) in [5, 5.41) is 3.14. The van der Waals surface area contributed by atoms with E-state index in [1.54, 1.807) is 12.3 Å². The summed E-state index contributed by atoms with van der Waals surface area (Å²) < 4.78 is 5.18. The summed E-state index contributed by atoms with van der Waals surface area (Å²) in [6.45, 7) is 5.36. The molecule has 1 N–H and O–H groups in total. The number of hydrogen-bond acceptors (Lipinski definition) is 3. The first-order valence-corrected chi connectivity index (χ1v) is 4.74. The first-order valence-electron chi connectivity index (χ1n) is 4.74. The van der Waals surface area contributed by atoms with E-state index in [-0.39, 0.29) is 11.7 Å². The maximum absolute atomic E-state index is 11.2. The summed E-state index contributed by atoms with van der Waals surface area (Å²) in [6.07, 6.45) is 4.37. The Morgan fingerprint density at radius 1 is 1.62 bits per heavy atom. The van der Waals surface area contributed by atoms with Gasteiger partial charge >= 0.3 is 0 Å². The highest BCUT2D eigenvalue weighted by atomic mass is 16.5. The topological polar surface area (TPSA) is 38.3 Å². The van der Waals surface area contributed by atoms with Gasteiger partial charge in [0.15, 0.2) is 5.78 Å².